The number of hydrogen-bond donors (Lipinski definition) is 1. The molecular weight excluding hydrogens is 310 g/mol. The SMILES string of the molecule is CCC(C(=O)O)S(=O)(=O)Cc1cc(Cl)ccc1[N+](=O)[O-]. The predicted molar refractivity (Wildman–Crippen MR) is 72.4 cm³/mol. The molecule has 1 N–H and O–H groups in total. The van der Waals surface area contributed by atoms with Gasteiger partial charge in [-0.25, -0.2) is 8.42 Å². The first-order valence-corrected chi connectivity index (χ1v) is 7.65. The molecular formula is C11H12ClNO6S. The molecule has 0 bridgehead atoms. The van der Waals surface area contributed by atoms with E-state index in [9.17, 15) is 23.3 Å². The number of aliphatic carboxylic acids is 1. The van der Waals surface area contributed by atoms with E-state index in [1.54, 1.807) is 0 Å². The van der Waals surface area contributed by atoms with E-state index in [1.807, 2.05) is 0 Å². The van der Waals surface area contributed by atoms with Crippen LogP contribution < -0.4 is 0 Å². The molecule has 0 amide bonds. The first-order valence-electron chi connectivity index (χ1n) is 5.56. The minimum Gasteiger partial charge on any atom is -0.480 e. The van der Waals surface area contributed by atoms with Crippen LogP contribution in [0.4, 0.5) is 5.69 Å². The van der Waals surface area contributed by atoms with Crippen molar-refractivity contribution < 1.29 is 23.2 Å². The zero-order valence-corrected chi connectivity index (χ0v) is 12.0. The fourth-order valence-electron chi connectivity index (χ4n) is 1.75. The van der Waals surface area contributed by atoms with Crippen LogP contribution in [0.2, 0.25) is 5.02 Å². The first-order chi connectivity index (χ1) is 9.19. The summed E-state index contributed by atoms with van der Waals surface area (Å²) < 4.78 is 24.0. The lowest BCUT2D eigenvalue weighted by Gasteiger charge is -2.11. The first kappa shape index (κ1) is 16.4. The van der Waals surface area contributed by atoms with Crippen molar-refractivity contribution in [1.29, 1.82) is 0 Å². The molecule has 0 aromatic heterocycles. The molecule has 20 heavy (non-hydrogen) atoms. The Balaban J connectivity index is 3.24. The monoisotopic (exact) mass is 321 g/mol. The van der Waals surface area contributed by atoms with Gasteiger partial charge in [0.15, 0.2) is 15.1 Å². The molecule has 1 aromatic carbocycles. The molecule has 0 saturated heterocycles. The van der Waals surface area contributed by atoms with E-state index in [2.05, 4.69) is 0 Å². The van der Waals surface area contributed by atoms with Gasteiger partial charge in [-0.1, -0.05) is 18.5 Å². The van der Waals surface area contributed by atoms with Crippen molar-refractivity contribution in [3.63, 3.8) is 0 Å². The van der Waals surface area contributed by atoms with E-state index >= 15 is 0 Å². The number of hydrogen-bond acceptors (Lipinski definition) is 5. The Kier molecular flexibility index (Phi) is 5.07. The molecule has 0 aliphatic heterocycles. The Morgan fingerprint density at radius 2 is 2.10 bits per heavy atom. The standard InChI is InChI=1S/C11H12ClNO6S/c1-2-10(11(14)15)20(18,19)6-7-5-8(12)3-4-9(7)13(16)17/h3-5,10H,2,6H2,1H3,(H,14,15). The van der Waals surface area contributed by atoms with Crippen molar-refractivity contribution in [2.45, 2.75) is 24.3 Å². The molecule has 1 unspecified atom stereocenters. The van der Waals surface area contributed by atoms with E-state index in [0.29, 0.717) is 0 Å². The largest absolute Gasteiger partial charge is 0.480 e. The van der Waals surface area contributed by atoms with Crippen LogP contribution in [0.25, 0.3) is 0 Å². The van der Waals surface area contributed by atoms with Crippen LogP contribution in [0.3, 0.4) is 0 Å². The average Bonchev–Trinajstić information content (AvgIpc) is 2.27. The zero-order chi connectivity index (χ0) is 15.5. The minimum atomic E-state index is -4.06. The third kappa shape index (κ3) is 3.67. The molecule has 0 aliphatic rings. The highest BCUT2D eigenvalue weighted by atomic mass is 35.5. The van der Waals surface area contributed by atoms with Gasteiger partial charge >= 0.3 is 5.97 Å². The summed E-state index contributed by atoms with van der Waals surface area (Å²) in [5.41, 5.74) is -0.527. The molecule has 0 aliphatic carbocycles. The summed E-state index contributed by atoms with van der Waals surface area (Å²) in [4.78, 5) is 21.0. The number of nitro groups is 1. The molecule has 0 radical (unpaired) electrons. The summed E-state index contributed by atoms with van der Waals surface area (Å²) in [7, 11) is -4.06. The van der Waals surface area contributed by atoms with Gasteiger partial charge in [0.25, 0.3) is 5.69 Å². The van der Waals surface area contributed by atoms with Crippen LogP contribution in [0.1, 0.15) is 18.9 Å². The third-order valence-electron chi connectivity index (χ3n) is 2.67. The van der Waals surface area contributed by atoms with E-state index in [1.165, 1.54) is 13.0 Å². The zero-order valence-electron chi connectivity index (χ0n) is 10.4. The number of benzene rings is 1. The van der Waals surface area contributed by atoms with Crippen molar-refractivity contribution in [2.24, 2.45) is 0 Å². The maximum absolute atomic E-state index is 12.0. The number of rotatable bonds is 6. The number of halogens is 1. The van der Waals surface area contributed by atoms with Gasteiger partial charge < -0.3 is 5.11 Å². The van der Waals surface area contributed by atoms with Gasteiger partial charge in [-0.05, 0) is 18.6 Å². The molecule has 1 aromatic rings. The number of sulfone groups is 1. The Morgan fingerprint density at radius 3 is 2.55 bits per heavy atom. The quantitative estimate of drug-likeness (QED) is 0.633. The summed E-state index contributed by atoms with van der Waals surface area (Å²) >= 11 is 5.69. The number of carbonyl (C=O) groups is 1. The number of carboxylic acid groups (broad SMARTS) is 1. The number of nitrogens with zero attached hydrogens (tertiary/aromatic N) is 1. The van der Waals surface area contributed by atoms with Crippen molar-refractivity contribution in [1.82, 2.24) is 0 Å². The summed E-state index contributed by atoms with van der Waals surface area (Å²) in [5, 5.41) is 18.3. The molecule has 0 fully saturated rings. The highest BCUT2D eigenvalue weighted by Crippen LogP contribution is 2.26. The molecule has 110 valence electrons. The molecule has 9 heteroatoms. The van der Waals surface area contributed by atoms with Crippen LogP contribution in [0.5, 0.6) is 0 Å². The molecule has 0 heterocycles. The van der Waals surface area contributed by atoms with Gasteiger partial charge in [0.1, 0.15) is 0 Å². The van der Waals surface area contributed by atoms with Gasteiger partial charge in [0, 0.05) is 16.7 Å². The van der Waals surface area contributed by atoms with Crippen LogP contribution in [-0.4, -0.2) is 29.7 Å². The minimum absolute atomic E-state index is 0.119. The van der Waals surface area contributed by atoms with Crippen molar-refractivity contribution in [3.05, 3.63) is 38.9 Å². The Bertz CT molecular complexity index is 642. The van der Waals surface area contributed by atoms with Crippen LogP contribution in [0, 0.1) is 10.1 Å². The summed E-state index contributed by atoms with van der Waals surface area (Å²) in [6, 6.07) is 3.52. The number of nitro benzene ring substituents is 1. The fraction of sp³-hybridized carbons (Fsp3) is 0.364. The topological polar surface area (TPSA) is 115 Å². The second-order valence-electron chi connectivity index (χ2n) is 4.07. The van der Waals surface area contributed by atoms with Crippen molar-refractivity contribution >= 4 is 33.1 Å². The van der Waals surface area contributed by atoms with E-state index in [0.717, 1.165) is 12.1 Å². The third-order valence-corrected chi connectivity index (χ3v) is 5.03. The second kappa shape index (κ2) is 6.19. The van der Waals surface area contributed by atoms with E-state index < -0.39 is 37.4 Å². The average molecular weight is 322 g/mol. The maximum Gasteiger partial charge on any atom is 0.321 e. The smallest absolute Gasteiger partial charge is 0.321 e. The fourth-order valence-corrected chi connectivity index (χ4v) is 3.62. The second-order valence-corrected chi connectivity index (χ2v) is 6.69. The van der Waals surface area contributed by atoms with Gasteiger partial charge in [0.2, 0.25) is 0 Å². The molecule has 1 rings (SSSR count). The highest BCUT2D eigenvalue weighted by Gasteiger charge is 2.32. The van der Waals surface area contributed by atoms with E-state index in [-0.39, 0.29) is 17.0 Å². The van der Waals surface area contributed by atoms with Gasteiger partial charge in [-0.2, -0.15) is 0 Å². The summed E-state index contributed by atoms with van der Waals surface area (Å²) in [5.74, 6) is -2.22. The molecule has 1 atom stereocenters. The Hall–Kier alpha value is -1.67. The lowest BCUT2D eigenvalue weighted by atomic mass is 10.2. The lowest BCUT2D eigenvalue weighted by molar-refractivity contribution is -0.385. The van der Waals surface area contributed by atoms with Crippen LogP contribution in [-0.2, 0) is 20.4 Å². The normalized spacial score (nSPS) is 12.9. The number of carboxylic acids is 1. The van der Waals surface area contributed by atoms with Crippen LogP contribution in [0.15, 0.2) is 18.2 Å². The lowest BCUT2D eigenvalue weighted by Crippen LogP contribution is -2.30. The Morgan fingerprint density at radius 1 is 1.50 bits per heavy atom. The van der Waals surface area contributed by atoms with E-state index in [4.69, 9.17) is 16.7 Å². The summed E-state index contributed by atoms with van der Waals surface area (Å²) in [6.07, 6.45) is -0.119. The van der Waals surface area contributed by atoms with Gasteiger partial charge in [-0.15, -0.1) is 0 Å². The van der Waals surface area contributed by atoms with Crippen molar-refractivity contribution in [2.75, 3.05) is 0 Å². The molecule has 7 nitrogen and oxygen atoms in total. The maximum atomic E-state index is 12.0. The predicted octanol–water partition coefficient (Wildman–Crippen LogP) is 2.03. The highest BCUT2D eigenvalue weighted by molar-refractivity contribution is 7.92. The molecule has 0 saturated carbocycles. The Labute approximate surface area is 120 Å². The summed E-state index contributed by atoms with van der Waals surface area (Å²) in [6.45, 7) is 1.42. The van der Waals surface area contributed by atoms with Gasteiger partial charge in [0.05, 0.1) is 10.7 Å². The molecule has 0 spiro atoms. The van der Waals surface area contributed by atoms with Gasteiger partial charge in [-0.3, -0.25) is 14.9 Å². The van der Waals surface area contributed by atoms with Crippen molar-refractivity contribution in [3.8, 4) is 0 Å². The van der Waals surface area contributed by atoms with Crippen LogP contribution >= 0.6 is 11.6 Å².